The summed E-state index contributed by atoms with van der Waals surface area (Å²) in [5.74, 6) is 0.570. The number of nitrogens with zero attached hydrogens (tertiary/aromatic N) is 4. The minimum absolute atomic E-state index is 0.189. The largest absolute Gasteiger partial charge is 0.394 e. The third-order valence-electron chi connectivity index (χ3n) is 5.28. The summed E-state index contributed by atoms with van der Waals surface area (Å²) in [4.78, 5) is 13.6. The highest BCUT2D eigenvalue weighted by molar-refractivity contribution is 5.88. The van der Waals surface area contributed by atoms with Crippen molar-refractivity contribution in [2.24, 2.45) is 0 Å². The maximum atomic E-state index is 9.44. The molecular weight excluding hydrogens is 404 g/mol. The highest BCUT2D eigenvalue weighted by Gasteiger charge is 2.15. The Morgan fingerprint density at radius 1 is 1.00 bits per heavy atom. The van der Waals surface area contributed by atoms with E-state index >= 15 is 0 Å². The summed E-state index contributed by atoms with van der Waals surface area (Å²) in [6.07, 6.45) is 3.58. The van der Waals surface area contributed by atoms with E-state index in [2.05, 4.69) is 63.7 Å². The van der Waals surface area contributed by atoms with Gasteiger partial charge in [-0.1, -0.05) is 30.3 Å². The first-order chi connectivity index (χ1) is 15.6. The number of rotatable bonds is 9. The highest BCUT2D eigenvalue weighted by atomic mass is 16.3. The molecule has 4 aromatic rings. The van der Waals surface area contributed by atoms with Crippen LogP contribution in [0.25, 0.3) is 22.4 Å². The molecule has 3 aromatic heterocycles. The molecule has 0 unspecified atom stereocenters. The number of nitrogens with one attached hydrogen (secondary N) is 2. The van der Waals surface area contributed by atoms with E-state index in [1.54, 1.807) is 12.5 Å². The standard InChI is InChI=1S/C24H28N6O2/c1-16(2)30-15-27-23-21(11-22(29-24(23)30)28-19(13-31)14-32)26-12-17-6-8-18(9-7-17)20-5-3-4-10-25-20/h3-11,15-16,19,31-32H,12-14H2,1-2H3,(H2,26,28,29). The summed E-state index contributed by atoms with van der Waals surface area (Å²) >= 11 is 0. The number of fused-ring (bicyclic) bond motifs is 1. The molecule has 0 saturated heterocycles. The number of aliphatic hydroxyl groups excluding tert-OH is 2. The first kappa shape index (κ1) is 21.7. The van der Waals surface area contributed by atoms with Crippen LogP contribution in [0.3, 0.4) is 0 Å². The van der Waals surface area contributed by atoms with Crippen molar-refractivity contribution in [3.05, 3.63) is 66.6 Å². The Morgan fingerprint density at radius 2 is 1.78 bits per heavy atom. The summed E-state index contributed by atoms with van der Waals surface area (Å²) in [5, 5.41) is 25.4. The number of benzene rings is 1. The summed E-state index contributed by atoms with van der Waals surface area (Å²) in [7, 11) is 0. The normalized spacial score (nSPS) is 11.4. The number of aromatic nitrogens is 4. The molecule has 8 nitrogen and oxygen atoms in total. The lowest BCUT2D eigenvalue weighted by atomic mass is 10.1. The van der Waals surface area contributed by atoms with Crippen LogP contribution in [0.4, 0.5) is 11.5 Å². The van der Waals surface area contributed by atoms with Crippen molar-refractivity contribution in [3.63, 3.8) is 0 Å². The second-order valence-corrected chi connectivity index (χ2v) is 7.94. The van der Waals surface area contributed by atoms with Crippen LogP contribution in [0.15, 0.2) is 61.1 Å². The highest BCUT2D eigenvalue weighted by Crippen LogP contribution is 2.27. The molecular formula is C24H28N6O2. The fraction of sp³-hybridized carbons (Fsp3) is 0.292. The molecule has 32 heavy (non-hydrogen) atoms. The predicted octanol–water partition coefficient (Wildman–Crippen LogP) is 3.45. The molecule has 0 radical (unpaired) electrons. The van der Waals surface area contributed by atoms with Crippen molar-refractivity contribution < 1.29 is 10.2 Å². The maximum Gasteiger partial charge on any atom is 0.164 e. The van der Waals surface area contributed by atoms with Gasteiger partial charge in [-0.25, -0.2) is 9.97 Å². The van der Waals surface area contributed by atoms with Crippen LogP contribution in [0.2, 0.25) is 0 Å². The van der Waals surface area contributed by atoms with E-state index in [1.807, 2.05) is 28.8 Å². The molecule has 0 saturated carbocycles. The molecule has 0 fully saturated rings. The van der Waals surface area contributed by atoms with Crippen LogP contribution < -0.4 is 10.6 Å². The van der Waals surface area contributed by atoms with Gasteiger partial charge in [-0.2, -0.15) is 0 Å². The Labute approximate surface area is 187 Å². The van der Waals surface area contributed by atoms with Crippen molar-refractivity contribution in [1.82, 2.24) is 19.5 Å². The molecule has 0 aliphatic heterocycles. The lowest BCUT2D eigenvalue weighted by molar-refractivity contribution is 0.203. The van der Waals surface area contributed by atoms with Gasteiger partial charge in [0.25, 0.3) is 0 Å². The molecule has 8 heteroatoms. The van der Waals surface area contributed by atoms with Gasteiger partial charge in [0.2, 0.25) is 0 Å². The van der Waals surface area contributed by atoms with Crippen LogP contribution >= 0.6 is 0 Å². The van der Waals surface area contributed by atoms with E-state index in [0.717, 1.165) is 33.7 Å². The first-order valence-electron chi connectivity index (χ1n) is 10.7. The van der Waals surface area contributed by atoms with Gasteiger partial charge in [0.1, 0.15) is 11.3 Å². The van der Waals surface area contributed by atoms with E-state index in [4.69, 9.17) is 0 Å². The van der Waals surface area contributed by atoms with Crippen LogP contribution in [0.5, 0.6) is 0 Å². The molecule has 4 N–H and O–H groups in total. The number of imidazole rings is 1. The van der Waals surface area contributed by atoms with Crippen LogP contribution in [-0.4, -0.2) is 49.0 Å². The Bertz CT molecular complexity index is 1150. The zero-order chi connectivity index (χ0) is 22.5. The van der Waals surface area contributed by atoms with Crippen LogP contribution in [-0.2, 0) is 6.54 Å². The third-order valence-corrected chi connectivity index (χ3v) is 5.28. The fourth-order valence-electron chi connectivity index (χ4n) is 3.48. The zero-order valence-corrected chi connectivity index (χ0v) is 18.2. The SMILES string of the molecule is CC(C)n1cnc2c(NCc3ccc(-c4ccccn4)cc3)cc(NC(CO)CO)nc21. The molecule has 0 atom stereocenters. The first-order valence-corrected chi connectivity index (χ1v) is 10.7. The topological polar surface area (TPSA) is 108 Å². The molecule has 1 aromatic carbocycles. The van der Waals surface area contributed by atoms with E-state index < -0.39 is 6.04 Å². The number of hydrogen-bond acceptors (Lipinski definition) is 7. The van der Waals surface area contributed by atoms with Crippen LogP contribution in [0.1, 0.15) is 25.5 Å². The molecule has 0 aliphatic carbocycles. The average molecular weight is 433 g/mol. The monoisotopic (exact) mass is 432 g/mol. The summed E-state index contributed by atoms with van der Waals surface area (Å²) in [6.45, 7) is 4.38. The van der Waals surface area contributed by atoms with Gasteiger partial charge < -0.3 is 25.4 Å². The molecule has 166 valence electrons. The van der Waals surface area contributed by atoms with Crippen molar-refractivity contribution in [2.45, 2.75) is 32.5 Å². The summed E-state index contributed by atoms with van der Waals surface area (Å²) < 4.78 is 2.00. The number of anilines is 2. The maximum absolute atomic E-state index is 9.44. The van der Waals surface area contributed by atoms with Gasteiger partial charge in [-0.15, -0.1) is 0 Å². The Balaban J connectivity index is 1.58. The number of aliphatic hydroxyl groups is 2. The second kappa shape index (κ2) is 9.76. The van der Waals surface area contributed by atoms with Gasteiger partial charge in [0, 0.05) is 30.4 Å². The Morgan fingerprint density at radius 3 is 2.44 bits per heavy atom. The van der Waals surface area contributed by atoms with E-state index in [9.17, 15) is 10.2 Å². The molecule has 0 bridgehead atoms. The van der Waals surface area contributed by atoms with Gasteiger partial charge in [0.05, 0.1) is 37.0 Å². The van der Waals surface area contributed by atoms with Crippen molar-refractivity contribution >= 4 is 22.7 Å². The molecule has 0 amide bonds. The smallest absolute Gasteiger partial charge is 0.164 e. The lowest BCUT2D eigenvalue weighted by Gasteiger charge is -2.17. The molecule has 0 spiro atoms. The van der Waals surface area contributed by atoms with E-state index in [1.165, 1.54) is 0 Å². The third kappa shape index (κ3) is 4.71. The van der Waals surface area contributed by atoms with Crippen LogP contribution in [0, 0.1) is 0 Å². The summed E-state index contributed by atoms with van der Waals surface area (Å²) in [6, 6.07) is 15.7. The number of pyridine rings is 2. The minimum Gasteiger partial charge on any atom is -0.394 e. The van der Waals surface area contributed by atoms with E-state index in [0.29, 0.717) is 12.4 Å². The van der Waals surface area contributed by atoms with Crippen molar-refractivity contribution in [2.75, 3.05) is 23.8 Å². The van der Waals surface area contributed by atoms with Gasteiger partial charge in [-0.3, -0.25) is 4.98 Å². The Hall–Kier alpha value is -3.49. The minimum atomic E-state index is -0.484. The second-order valence-electron chi connectivity index (χ2n) is 7.94. The number of hydrogen-bond donors (Lipinski definition) is 4. The van der Waals surface area contributed by atoms with Gasteiger partial charge in [0.15, 0.2) is 5.65 Å². The van der Waals surface area contributed by atoms with Crippen molar-refractivity contribution in [3.8, 4) is 11.3 Å². The summed E-state index contributed by atoms with van der Waals surface area (Å²) in [5.41, 5.74) is 5.49. The Kier molecular flexibility index (Phi) is 6.63. The lowest BCUT2D eigenvalue weighted by Crippen LogP contribution is -2.28. The quantitative estimate of drug-likeness (QED) is 0.321. The average Bonchev–Trinajstić information content (AvgIpc) is 3.26. The molecule has 4 rings (SSSR count). The van der Waals surface area contributed by atoms with Gasteiger partial charge >= 0.3 is 0 Å². The predicted molar refractivity (Wildman–Crippen MR) is 126 cm³/mol. The van der Waals surface area contributed by atoms with Crippen molar-refractivity contribution in [1.29, 1.82) is 0 Å². The fourth-order valence-corrected chi connectivity index (χ4v) is 3.48. The van der Waals surface area contributed by atoms with E-state index in [-0.39, 0.29) is 19.3 Å². The van der Waals surface area contributed by atoms with Gasteiger partial charge in [-0.05, 0) is 31.5 Å². The molecule has 3 heterocycles. The zero-order valence-electron chi connectivity index (χ0n) is 18.2. The molecule has 0 aliphatic rings.